The summed E-state index contributed by atoms with van der Waals surface area (Å²) in [6.45, 7) is 0. The quantitative estimate of drug-likeness (QED) is 0.640. The molecule has 1 aromatic carbocycles. The molecular weight excluding hydrogens is 380 g/mol. The molecule has 0 N–H and O–H groups in total. The Morgan fingerprint density at radius 3 is 2.48 bits per heavy atom. The molecule has 0 saturated heterocycles. The fourth-order valence-electron chi connectivity index (χ4n) is 2.19. The van der Waals surface area contributed by atoms with Crippen molar-refractivity contribution in [1.82, 2.24) is 8.96 Å². The van der Waals surface area contributed by atoms with Crippen LogP contribution in [-0.4, -0.2) is 23.7 Å². The maximum absolute atomic E-state index is 12.9. The molecule has 23 heavy (non-hydrogen) atoms. The molecule has 0 radical (unpaired) electrons. The van der Waals surface area contributed by atoms with Crippen molar-refractivity contribution in [3.8, 4) is 11.3 Å². The van der Waals surface area contributed by atoms with E-state index in [1.807, 2.05) is 6.07 Å². The van der Waals surface area contributed by atoms with Gasteiger partial charge in [-0.05, 0) is 33.6 Å². The van der Waals surface area contributed by atoms with Crippen molar-refractivity contribution in [2.75, 3.05) is 0 Å². The summed E-state index contributed by atoms with van der Waals surface area (Å²) in [6.07, 6.45) is 4.71. The molecule has 0 aliphatic rings. The smallest absolute Gasteiger partial charge is 0.269 e. The average Bonchev–Trinajstić information content (AvgIpc) is 3.01. The van der Waals surface area contributed by atoms with Gasteiger partial charge in [0.25, 0.3) is 10.0 Å². The maximum Gasteiger partial charge on any atom is 0.269 e. The van der Waals surface area contributed by atoms with Crippen molar-refractivity contribution in [2.24, 2.45) is 0 Å². The van der Waals surface area contributed by atoms with Gasteiger partial charge >= 0.3 is 0 Å². The molecule has 0 atom stereocenters. The van der Waals surface area contributed by atoms with Crippen LogP contribution >= 0.6 is 15.9 Å². The SMILES string of the molecule is O=Cc1cc(-c2ccccc2)n(S(=O)(=O)c2cncc(Br)c2)c1. The highest BCUT2D eigenvalue weighted by Gasteiger charge is 2.22. The number of hydrogen-bond donors (Lipinski definition) is 0. The van der Waals surface area contributed by atoms with Crippen LogP contribution in [0.3, 0.4) is 0 Å². The van der Waals surface area contributed by atoms with Gasteiger partial charge in [0.1, 0.15) is 4.90 Å². The number of carbonyl (C=O) groups excluding carboxylic acids is 1. The Morgan fingerprint density at radius 2 is 1.83 bits per heavy atom. The third-order valence-corrected chi connectivity index (χ3v) is 5.32. The molecule has 0 spiro atoms. The van der Waals surface area contributed by atoms with E-state index in [4.69, 9.17) is 0 Å². The third-order valence-electron chi connectivity index (χ3n) is 3.25. The van der Waals surface area contributed by atoms with Crippen LogP contribution in [0.4, 0.5) is 0 Å². The van der Waals surface area contributed by atoms with Gasteiger partial charge in [0.2, 0.25) is 0 Å². The Balaban J connectivity index is 2.23. The fourth-order valence-corrected chi connectivity index (χ4v) is 4.08. The second-order valence-electron chi connectivity index (χ2n) is 4.78. The van der Waals surface area contributed by atoms with E-state index in [1.54, 1.807) is 30.3 Å². The van der Waals surface area contributed by atoms with E-state index in [-0.39, 0.29) is 10.5 Å². The molecule has 0 aliphatic carbocycles. The summed E-state index contributed by atoms with van der Waals surface area (Å²) in [5, 5.41) is 0. The van der Waals surface area contributed by atoms with Gasteiger partial charge < -0.3 is 0 Å². The largest absolute Gasteiger partial charge is 0.298 e. The molecule has 3 aromatic rings. The fraction of sp³-hybridized carbons (Fsp3) is 0. The Morgan fingerprint density at radius 1 is 1.09 bits per heavy atom. The van der Waals surface area contributed by atoms with Crippen molar-refractivity contribution in [3.63, 3.8) is 0 Å². The molecule has 0 saturated carbocycles. The monoisotopic (exact) mass is 390 g/mol. The predicted octanol–water partition coefficient (Wildman–Crippen LogP) is 3.36. The first-order valence-corrected chi connectivity index (χ1v) is 8.85. The van der Waals surface area contributed by atoms with Gasteiger partial charge in [-0.15, -0.1) is 0 Å². The Kier molecular flexibility index (Phi) is 4.14. The lowest BCUT2D eigenvalue weighted by Crippen LogP contribution is -2.13. The van der Waals surface area contributed by atoms with Crippen molar-refractivity contribution < 1.29 is 13.2 Å². The summed E-state index contributed by atoms with van der Waals surface area (Å²) < 4.78 is 27.5. The molecule has 0 amide bonds. The van der Waals surface area contributed by atoms with Crippen molar-refractivity contribution >= 4 is 32.2 Å². The van der Waals surface area contributed by atoms with Crippen LogP contribution in [0.15, 0.2) is 70.4 Å². The molecule has 0 bridgehead atoms. The van der Waals surface area contributed by atoms with Gasteiger partial charge in [-0.25, -0.2) is 12.4 Å². The minimum atomic E-state index is -3.86. The number of nitrogens with zero attached hydrogens (tertiary/aromatic N) is 2. The van der Waals surface area contributed by atoms with Crippen LogP contribution in [0.1, 0.15) is 10.4 Å². The molecule has 3 rings (SSSR count). The summed E-state index contributed by atoms with van der Waals surface area (Å²) in [4.78, 5) is 15.0. The predicted molar refractivity (Wildman–Crippen MR) is 89.8 cm³/mol. The molecule has 5 nitrogen and oxygen atoms in total. The number of aromatic nitrogens is 2. The third kappa shape index (κ3) is 2.97. The summed E-state index contributed by atoms with van der Waals surface area (Å²) in [7, 11) is -3.86. The number of hydrogen-bond acceptors (Lipinski definition) is 4. The molecule has 7 heteroatoms. The van der Waals surface area contributed by atoms with E-state index < -0.39 is 10.0 Å². The number of halogens is 1. The van der Waals surface area contributed by atoms with E-state index in [9.17, 15) is 13.2 Å². The molecule has 2 aromatic heterocycles. The highest BCUT2D eigenvalue weighted by atomic mass is 79.9. The van der Waals surface area contributed by atoms with Crippen molar-refractivity contribution in [2.45, 2.75) is 4.90 Å². The summed E-state index contributed by atoms with van der Waals surface area (Å²) in [5.74, 6) is 0. The number of benzene rings is 1. The van der Waals surface area contributed by atoms with Gasteiger partial charge in [0.15, 0.2) is 6.29 Å². The zero-order chi connectivity index (χ0) is 16.4. The summed E-state index contributed by atoms with van der Waals surface area (Å²) in [5.41, 5.74) is 1.41. The molecule has 116 valence electrons. The van der Waals surface area contributed by atoms with Crippen LogP contribution in [0.5, 0.6) is 0 Å². The van der Waals surface area contributed by atoms with Crippen LogP contribution in [0.25, 0.3) is 11.3 Å². The van der Waals surface area contributed by atoms with Gasteiger partial charge in [-0.3, -0.25) is 9.78 Å². The van der Waals surface area contributed by atoms with E-state index >= 15 is 0 Å². The average molecular weight is 391 g/mol. The van der Waals surface area contributed by atoms with Crippen molar-refractivity contribution in [1.29, 1.82) is 0 Å². The minimum absolute atomic E-state index is 0.0390. The minimum Gasteiger partial charge on any atom is -0.298 e. The first-order valence-electron chi connectivity index (χ1n) is 6.61. The zero-order valence-corrected chi connectivity index (χ0v) is 14.2. The van der Waals surface area contributed by atoms with Gasteiger partial charge in [0, 0.05) is 28.6 Å². The Hall–Kier alpha value is -2.25. The van der Waals surface area contributed by atoms with Gasteiger partial charge in [-0.2, -0.15) is 0 Å². The van der Waals surface area contributed by atoms with E-state index in [2.05, 4.69) is 20.9 Å². The number of aldehydes is 1. The second-order valence-corrected chi connectivity index (χ2v) is 7.51. The number of pyridine rings is 1. The molecule has 0 unspecified atom stereocenters. The Bertz CT molecular complexity index is 966. The summed E-state index contributed by atoms with van der Waals surface area (Å²) in [6, 6.07) is 12.0. The second kappa shape index (κ2) is 6.10. The highest BCUT2D eigenvalue weighted by Crippen LogP contribution is 2.27. The van der Waals surface area contributed by atoms with Crippen LogP contribution in [-0.2, 0) is 10.0 Å². The Labute approximate surface area is 141 Å². The van der Waals surface area contributed by atoms with Crippen LogP contribution in [0.2, 0.25) is 0 Å². The molecule has 2 heterocycles. The first kappa shape index (κ1) is 15.6. The summed E-state index contributed by atoms with van der Waals surface area (Å²) >= 11 is 3.22. The molecule has 0 fully saturated rings. The lowest BCUT2D eigenvalue weighted by molar-refractivity contribution is 0.112. The molecule has 0 aliphatic heterocycles. The van der Waals surface area contributed by atoms with Gasteiger partial charge in [0.05, 0.1) is 5.69 Å². The number of carbonyl (C=O) groups is 1. The van der Waals surface area contributed by atoms with E-state index in [0.717, 1.165) is 3.97 Å². The normalized spacial score (nSPS) is 11.3. The highest BCUT2D eigenvalue weighted by molar-refractivity contribution is 9.10. The van der Waals surface area contributed by atoms with Crippen LogP contribution in [0, 0.1) is 0 Å². The topological polar surface area (TPSA) is 69.0 Å². The lowest BCUT2D eigenvalue weighted by atomic mass is 10.1. The maximum atomic E-state index is 12.9. The van der Waals surface area contributed by atoms with Crippen molar-refractivity contribution in [3.05, 3.63) is 71.1 Å². The van der Waals surface area contributed by atoms with E-state index in [0.29, 0.717) is 22.0 Å². The standard InChI is InChI=1S/C16H11BrN2O3S/c17-14-7-15(9-18-8-14)23(21,22)19-10-12(11-20)6-16(19)13-4-2-1-3-5-13/h1-11H. The molecular formula is C16H11BrN2O3S. The van der Waals surface area contributed by atoms with E-state index in [1.165, 1.54) is 24.7 Å². The lowest BCUT2D eigenvalue weighted by Gasteiger charge is -2.10. The first-order chi connectivity index (χ1) is 11.0. The zero-order valence-electron chi connectivity index (χ0n) is 11.8. The number of rotatable bonds is 4. The van der Waals surface area contributed by atoms with Crippen LogP contribution < -0.4 is 0 Å². The van der Waals surface area contributed by atoms with Gasteiger partial charge in [-0.1, -0.05) is 30.3 Å².